The van der Waals surface area contributed by atoms with Gasteiger partial charge in [0.2, 0.25) is 5.91 Å². The van der Waals surface area contributed by atoms with Crippen LogP contribution in [0.2, 0.25) is 5.02 Å². The van der Waals surface area contributed by atoms with Crippen LogP contribution in [0.1, 0.15) is 6.92 Å². The number of aromatic nitrogens is 1. The fourth-order valence-electron chi connectivity index (χ4n) is 2.49. The largest absolute Gasteiger partial charge is 0.493 e. The van der Waals surface area contributed by atoms with Crippen molar-refractivity contribution in [2.75, 3.05) is 17.7 Å². The molecule has 29 heavy (non-hydrogen) atoms. The minimum atomic E-state index is -0.632. The van der Waals surface area contributed by atoms with Crippen molar-refractivity contribution in [1.29, 1.82) is 0 Å². The van der Waals surface area contributed by atoms with Crippen molar-refractivity contribution >= 4 is 29.0 Å². The highest BCUT2D eigenvalue weighted by Crippen LogP contribution is 2.33. The molecule has 0 saturated carbocycles. The number of nitrogens with zero attached hydrogens (tertiary/aromatic N) is 1. The highest BCUT2D eigenvalue weighted by Gasteiger charge is 2.15. The molecule has 0 aliphatic rings. The fourth-order valence-corrected chi connectivity index (χ4v) is 2.61. The maximum atomic E-state index is 14.5. The third-order valence-corrected chi connectivity index (χ3v) is 4.20. The van der Waals surface area contributed by atoms with Gasteiger partial charge >= 0.3 is 0 Å². The number of hydrogen-bond donors (Lipinski definition) is 2. The van der Waals surface area contributed by atoms with Crippen molar-refractivity contribution in [3.05, 3.63) is 71.6 Å². The zero-order valence-electron chi connectivity index (χ0n) is 15.8. The Kier molecular flexibility index (Phi) is 6.51. The summed E-state index contributed by atoms with van der Waals surface area (Å²) in [5, 5.41) is 6.07. The average molecular weight is 416 g/mol. The quantitative estimate of drug-likeness (QED) is 0.560. The van der Waals surface area contributed by atoms with Gasteiger partial charge in [-0.15, -0.1) is 0 Å². The van der Waals surface area contributed by atoms with Gasteiger partial charge in [-0.3, -0.25) is 4.79 Å². The number of pyridine rings is 1. The van der Waals surface area contributed by atoms with E-state index in [-0.39, 0.29) is 11.7 Å². The molecule has 1 heterocycles. The molecule has 0 saturated heterocycles. The Morgan fingerprint density at radius 2 is 1.86 bits per heavy atom. The van der Waals surface area contributed by atoms with Crippen LogP contribution in [0.5, 0.6) is 17.2 Å². The Morgan fingerprint density at radius 1 is 1.10 bits per heavy atom. The topological polar surface area (TPSA) is 72.5 Å². The van der Waals surface area contributed by atoms with Crippen molar-refractivity contribution < 1.29 is 18.7 Å². The number of ether oxygens (including phenoxy) is 2. The monoisotopic (exact) mass is 415 g/mol. The molecule has 2 N–H and O–H groups in total. The first-order valence-electron chi connectivity index (χ1n) is 8.75. The predicted octanol–water partition coefficient (Wildman–Crippen LogP) is 5.11. The van der Waals surface area contributed by atoms with Crippen molar-refractivity contribution in [1.82, 2.24) is 4.98 Å². The number of rotatable bonds is 7. The number of benzene rings is 2. The summed E-state index contributed by atoms with van der Waals surface area (Å²) in [7, 11) is 1.51. The second kappa shape index (κ2) is 9.25. The molecule has 0 aliphatic carbocycles. The molecule has 150 valence electrons. The van der Waals surface area contributed by atoms with Gasteiger partial charge in [-0.05, 0) is 43.3 Å². The van der Waals surface area contributed by atoms with E-state index in [0.29, 0.717) is 28.0 Å². The zero-order chi connectivity index (χ0) is 20.8. The molecular weight excluding hydrogens is 397 g/mol. The molecule has 3 aromatic rings. The highest BCUT2D eigenvalue weighted by atomic mass is 35.5. The average Bonchev–Trinajstić information content (AvgIpc) is 2.72. The SMILES string of the molecule is COc1ccccc1Oc1ccc(NC(C)C(=O)Nc2ccc(Cl)cn2)cc1F. The minimum absolute atomic E-state index is 0.0440. The van der Waals surface area contributed by atoms with E-state index in [1.54, 1.807) is 49.4 Å². The Labute approximate surface area is 172 Å². The third kappa shape index (κ3) is 5.36. The van der Waals surface area contributed by atoms with Crippen molar-refractivity contribution in [3.8, 4) is 17.2 Å². The van der Waals surface area contributed by atoms with Gasteiger partial charge in [-0.2, -0.15) is 0 Å². The van der Waals surface area contributed by atoms with Gasteiger partial charge in [0.05, 0.1) is 12.1 Å². The molecule has 0 spiro atoms. The lowest BCUT2D eigenvalue weighted by Gasteiger charge is -2.16. The van der Waals surface area contributed by atoms with Gasteiger partial charge in [-0.25, -0.2) is 9.37 Å². The Morgan fingerprint density at radius 3 is 2.52 bits per heavy atom. The van der Waals surface area contributed by atoms with Crippen LogP contribution >= 0.6 is 11.6 Å². The molecule has 0 aliphatic heterocycles. The molecule has 0 radical (unpaired) electrons. The molecule has 3 rings (SSSR count). The van der Waals surface area contributed by atoms with E-state index in [4.69, 9.17) is 21.1 Å². The molecule has 0 bridgehead atoms. The summed E-state index contributed by atoms with van der Waals surface area (Å²) in [6, 6.07) is 13.9. The van der Waals surface area contributed by atoms with Crippen LogP contribution in [0.25, 0.3) is 0 Å². The highest BCUT2D eigenvalue weighted by molar-refractivity contribution is 6.30. The van der Waals surface area contributed by atoms with E-state index >= 15 is 0 Å². The minimum Gasteiger partial charge on any atom is -0.493 e. The molecule has 1 unspecified atom stereocenters. The second-order valence-electron chi connectivity index (χ2n) is 6.12. The molecule has 1 aromatic heterocycles. The lowest BCUT2D eigenvalue weighted by Crippen LogP contribution is -2.32. The molecule has 1 atom stereocenters. The first kappa shape index (κ1) is 20.4. The molecular formula is C21H19ClFN3O3. The molecule has 6 nitrogen and oxygen atoms in total. The van der Waals surface area contributed by atoms with E-state index < -0.39 is 11.9 Å². The third-order valence-electron chi connectivity index (χ3n) is 3.98. The van der Waals surface area contributed by atoms with Crippen molar-refractivity contribution in [2.45, 2.75) is 13.0 Å². The number of halogens is 2. The van der Waals surface area contributed by atoms with Gasteiger partial charge in [0.15, 0.2) is 23.1 Å². The summed E-state index contributed by atoms with van der Waals surface area (Å²) in [6.45, 7) is 1.66. The summed E-state index contributed by atoms with van der Waals surface area (Å²) in [5.41, 5.74) is 0.432. The maximum Gasteiger partial charge on any atom is 0.247 e. The van der Waals surface area contributed by atoms with E-state index in [0.717, 1.165) is 0 Å². The second-order valence-corrected chi connectivity index (χ2v) is 6.55. The number of hydrogen-bond acceptors (Lipinski definition) is 5. The lowest BCUT2D eigenvalue weighted by atomic mass is 10.2. The summed E-state index contributed by atoms with van der Waals surface area (Å²) in [4.78, 5) is 16.3. The van der Waals surface area contributed by atoms with Gasteiger partial charge in [0.25, 0.3) is 0 Å². The van der Waals surface area contributed by atoms with Crippen molar-refractivity contribution in [2.24, 2.45) is 0 Å². The smallest absolute Gasteiger partial charge is 0.247 e. The summed E-state index contributed by atoms with van der Waals surface area (Å²) in [5.74, 6) is 0.415. The number of anilines is 2. The Balaban J connectivity index is 1.65. The van der Waals surface area contributed by atoms with Crippen molar-refractivity contribution in [3.63, 3.8) is 0 Å². The normalized spacial score (nSPS) is 11.4. The van der Waals surface area contributed by atoms with E-state index in [1.807, 2.05) is 0 Å². The summed E-state index contributed by atoms with van der Waals surface area (Å²) >= 11 is 5.77. The zero-order valence-corrected chi connectivity index (χ0v) is 16.5. The van der Waals surface area contributed by atoms with E-state index in [1.165, 1.54) is 25.4 Å². The predicted molar refractivity (Wildman–Crippen MR) is 110 cm³/mol. The summed E-state index contributed by atoms with van der Waals surface area (Å²) < 4.78 is 25.3. The van der Waals surface area contributed by atoms with Crippen LogP contribution in [0.3, 0.4) is 0 Å². The molecule has 2 aromatic carbocycles. The summed E-state index contributed by atoms with van der Waals surface area (Å²) in [6.07, 6.45) is 1.44. The molecule has 1 amide bonds. The fraction of sp³-hybridized carbons (Fsp3) is 0.143. The van der Waals surface area contributed by atoms with Gasteiger partial charge in [0.1, 0.15) is 11.9 Å². The Bertz CT molecular complexity index is 999. The van der Waals surface area contributed by atoms with Crippen LogP contribution in [0.15, 0.2) is 60.8 Å². The van der Waals surface area contributed by atoms with Crippen LogP contribution in [0, 0.1) is 5.82 Å². The number of carbonyl (C=O) groups is 1. The number of amides is 1. The number of para-hydroxylation sites is 2. The van der Waals surface area contributed by atoms with E-state index in [2.05, 4.69) is 15.6 Å². The number of nitrogens with one attached hydrogen (secondary N) is 2. The first-order valence-corrected chi connectivity index (χ1v) is 9.13. The number of carbonyl (C=O) groups excluding carboxylic acids is 1. The van der Waals surface area contributed by atoms with Crippen LogP contribution < -0.4 is 20.1 Å². The van der Waals surface area contributed by atoms with Gasteiger partial charge < -0.3 is 20.1 Å². The van der Waals surface area contributed by atoms with Gasteiger partial charge in [0, 0.05) is 18.0 Å². The standard InChI is InChI=1S/C21H19ClFN3O3/c1-13(21(27)26-20-10-7-14(22)12-24-20)25-15-8-9-17(16(23)11-15)29-19-6-4-3-5-18(19)28-2/h3-13,25H,1-2H3,(H,24,26,27). The van der Waals surface area contributed by atoms with E-state index in [9.17, 15) is 9.18 Å². The first-order chi connectivity index (χ1) is 14.0. The molecule has 8 heteroatoms. The lowest BCUT2D eigenvalue weighted by molar-refractivity contribution is -0.116. The van der Waals surface area contributed by atoms with Gasteiger partial charge in [-0.1, -0.05) is 23.7 Å². The number of methoxy groups -OCH3 is 1. The van der Waals surface area contributed by atoms with Crippen LogP contribution in [-0.4, -0.2) is 24.0 Å². The van der Waals surface area contributed by atoms with Crippen LogP contribution in [-0.2, 0) is 4.79 Å². The molecule has 0 fully saturated rings. The maximum absolute atomic E-state index is 14.5. The van der Waals surface area contributed by atoms with Crippen LogP contribution in [0.4, 0.5) is 15.9 Å². The Hall–Kier alpha value is -3.32.